The van der Waals surface area contributed by atoms with Crippen LogP contribution in [0.1, 0.15) is 31.2 Å². The summed E-state index contributed by atoms with van der Waals surface area (Å²) in [6.45, 7) is 6.51. The largest absolute Gasteiger partial charge is 0.496 e. The summed E-state index contributed by atoms with van der Waals surface area (Å²) < 4.78 is 5.44. The van der Waals surface area contributed by atoms with E-state index in [-0.39, 0.29) is 5.41 Å². The van der Waals surface area contributed by atoms with Gasteiger partial charge in [-0.05, 0) is 41.3 Å². The zero-order chi connectivity index (χ0) is 14.0. The second-order valence-electron chi connectivity index (χ2n) is 5.44. The number of methoxy groups -OCH3 is 1. The predicted molar refractivity (Wildman–Crippen MR) is 79.7 cm³/mol. The van der Waals surface area contributed by atoms with E-state index >= 15 is 0 Å². The lowest BCUT2D eigenvalue weighted by atomic mass is 9.85. The molecule has 0 aliphatic heterocycles. The van der Waals surface area contributed by atoms with Crippen LogP contribution < -0.4 is 4.74 Å². The lowest BCUT2D eigenvalue weighted by Crippen LogP contribution is -2.12. The van der Waals surface area contributed by atoms with Crippen LogP contribution in [0.5, 0.6) is 5.75 Å². The smallest absolute Gasteiger partial charge is 0.122 e. The Morgan fingerprint density at radius 2 is 1.89 bits per heavy atom. The van der Waals surface area contributed by atoms with Gasteiger partial charge in [0.25, 0.3) is 0 Å². The second-order valence-corrected chi connectivity index (χ2v) is 6.52. The molecule has 1 heterocycles. The van der Waals surface area contributed by atoms with E-state index in [0.29, 0.717) is 0 Å². The lowest BCUT2D eigenvalue weighted by molar-refractivity contribution is 0.397. The van der Waals surface area contributed by atoms with Gasteiger partial charge < -0.3 is 4.74 Å². The maximum Gasteiger partial charge on any atom is 0.122 e. The van der Waals surface area contributed by atoms with E-state index in [4.69, 9.17) is 10.00 Å². The molecule has 3 heteroatoms. The summed E-state index contributed by atoms with van der Waals surface area (Å²) in [6.07, 6.45) is 0. The van der Waals surface area contributed by atoms with Crippen molar-refractivity contribution in [3.8, 4) is 22.3 Å². The standard InChI is InChI=1S/C16H17NOS/c1-16(2,3)13-9-11(5-7-14(13)18-4)15-8-6-12(10-17)19-15/h5-9H,1-4H3. The maximum absolute atomic E-state index is 8.90. The van der Waals surface area contributed by atoms with Crippen LogP contribution in [0.15, 0.2) is 30.3 Å². The SMILES string of the molecule is COc1ccc(-c2ccc(C#N)s2)cc1C(C)(C)C. The van der Waals surface area contributed by atoms with Gasteiger partial charge in [-0.1, -0.05) is 20.8 Å². The molecule has 0 atom stereocenters. The van der Waals surface area contributed by atoms with Crippen LogP contribution in [0.4, 0.5) is 0 Å². The van der Waals surface area contributed by atoms with Gasteiger partial charge >= 0.3 is 0 Å². The fourth-order valence-corrected chi connectivity index (χ4v) is 2.80. The minimum Gasteiger partial charge on any atom is -0.496 e. The Morgan fingerprint density at radius 1 is 1.16 bits per heavy atom. The van der Waals surface area contributed by atoms with Crippen LogP contribution >= 0.6 is 11.3 Å². The summed E-state index contributed by atoms with van der Waals surface area (Å²) in [4.78, 5) is 1.85. The van der Waals surface area contributed by atoms with E-state index in [1.165, 1.54) is 16.9 Å². The number of hydrogen-bond acceptors (Lipinski definition) is 3. The van der Waals surface area contributed by atoms with Gasteiger partial charge in [0.15, 0.2) is 0 Å². The fourth-order valence-electron chi connectivity index (χ4n) is 2.00. The molecule has 0 fully saturated rings. The van der Waals surface area contributed by atoms with Crippen molar-refractivity contribution >= 4 is 11.3 Å². The molecule has 19 heavy (non-hydrogen) atoms. The zero-order valence-corrected chi connectivity index (χ0v) is 12.5. The number of nitrogens with zero attached hydrogens (tertiary/aromatic N) is 1. The van der Waals surface area contributed by atoms with Crippen molar-refractivity contribution in [1.82, 2.24) is 0 Å². The Balaban J connectivity index is 2.52. The Kier molecular flexibility index (Phi) is 3.64. The van der Waals surface area contributed by atoms with Crippen molar-refractivity contribution in [2.75, 3.05) is 7.11 Å². The third kappa shape index (κ3) is 2.80. The van der Waals surface area contributed by atoms with Crippen molar-refractivity contribution < 1.29 is 4.74 Å². The highest BCUT2D eigenvalue weighted by molar-refractivity contribution is 7.16. The molecule has 0 spiro atoms. The van der Waals surface area contributed by atoms with Crippen molar-refractivity contribution in [1.29, 1.82) is 5.26 Å². The number of nitriles is 1. The summed E-state index contributed by atoms with van der Waals surface area (Å²) in [5, 5.41) is 8.90. The van der Waals surface area contributed by atoms with Crippen LogP contribution in [0.3, 0.4) is 0 Å². The first-order valence-electron chi connectivity index (χ1n) is 6.14. The fraction of sp³-hybridized carbons (Fsp3) is 0.312. The van der Waals surface area contributed by atoms with E-state index in [1.807, 2.05) is 24.3 Å². The molecule has 2 aromatic rings. The Labute approximate surface area is 118 Å². The summed E-state index contributed by atoms with van der Waals surface area (Å²) in [6, 6.07) is 12.2. The molecular formula is C16H17NOS. The Bertz CT molecular complexity index is 629. The molecular weight excluding hydrogens is 254 g/mol. The van der Waals surface area contributed by atoms with Crippen molar-refractivity contribution in [3.63, 3.8) is 0 Å². The first-order chi connectivity index (χ1) is 8.95. The lowest BCUT2D eigenvalue weighted by Gasteiger charge is -2.22. The zero-order valence-electron chi connectivity index (χ0n) is 11.7. The minimum atomic E-state index is 0.0245. The van der Waals surface area contributed by atoms with Gasteiger partial charge in [0, 0.05) is 10.4 Å². The first-order valence-corrected chi connectivity index (χ1v) is 6.96. The third-order valence-electron chi connectivity index (χ3n) is 3.01. The predicted octanol–water partition coefficient (Wildman–Crippen LogP) is 4.59. The first kappa shape index (κ1) is 13.6. The molecule has 1 aromatic carbocycles. The van der Waals surface area contributed by atoms with E-state index in [9.17, 15) is 0 Å². The highest BCUT2D eigenvalue weighted by Gasteiger charge is 2.19. The average molecular weight is 271 g/mol. The van der Waals surface area contributed by atoms with Crippen LogP contribution in [-0.4, -0.2) is 7.11 Å². The number of ether oxygens (including phenoxy) is 1. The number of hydrogen-bond donors (Lipinski definition) is 0. The van der Waals surface area contributed by atoms with Gasteiger partial charge in [-0.3, -0.25) is 0 Å². The van der Waals surface area contributed by atoms with E-state index < -0.39 is 0 Å². The van der Waals surface area contributed by atoms with Gasteiger partial charge in [-0.25, -0.2) is 0 Å². The maximum atomic E-state index is 8.90. The topological polar surface area (TPSA) is 33.0 Å². The molecule has 1 aromatic heterocycles. The van der Waals surface area contributed by atoms with Crippen LogP contribution in [0.2, 0.25) is 0 Å². The van der Waals surface area contributed by atoms with Gasteiger partial charge in [0.1, 0.15) is 16.7 Å². The van der Waals surface area contributed by atoms with Gasteiger partial charge in [0.05, 0.1) is 7.11 Å². The average Bonchev–Trinajstić information content (AvgIpc) is 2.85. The number of rotatable bonds is 2. The molecule has 0 saturated carbocycles. The van der Waals surface area contributed by atoms with E-state index in [2.05, 4.69) is 32.9 Å². The van der Waals surface area contributed by atoms with Crippen LogP contribution in [-0.2, 0) is 5.41 Å². The Morgan fingerprint density at radius 3 is 2.42 bits per heavy atom. The molecule has 0 unspecified atom stereocenters. The normalized spacial score (nSPS) is 11.1. The summed E-state index contributed by atoms with van der Waals surface area (Å²) >= 11 is 1.52. The molecule has 0 amide bonds. The van der Waals surface area contributed by atoms with E-state index in [0.717, 1.165) is 21.1 Å². The molecule has 0 saturated heterocycles. The highest BCUT2D eigenvalue weighted by atomic mass is 32.1. The summed E-state index contributed by atoms with van der Waals surface area (Å²) in [5.41, 5.74) is 2.34. The molecule has 0 radical (unpaired) electrons. The molecule has 2 nitrogen and oxygen atoms in total. The van der Waals surface area contributed by atoms with Crippen molar-refractivity contribution in [2.24, 2.45) is 0 Å². The quantitative estimate of drug-likeness (QED) is 0.800. The molecule has 0 N–H and O–H groups in total. The van der Waals surface area contributed by atoms with Crippen LogP contribution in [0, 0.1) is 11.3 Å². The van der Waals surface area contributed by atoms with Crippen molar-refractivity contribution in [2.45, 2.75) is 26.2 Å². The van der Waals surface area contributed by atoms with Gasteiger partial charge in [-0.15, -0.1) is 11.3 Å². The monoisotopic (exact) mass is 271 g/mol. The molecule has 2 rings (SSSR count). The van der Waals surface area contributed by atoms with Crippen LogP contribution in [0.25, 0.3) is 10.4 Å². The van der Waals surface area contributed by atoms with E-state index in [1.54, 1.807) is 7.11 Å². The Hall–Kier alpha value is -1.79. The summed E-state index contributed by atoms with van der Waals surface area (Å²) in [7, 11) is 1.70. The summed E-state index contributed by atoms with van der Waals surface area (Å²) in [5.74, 6) is 0.910. The molecule has 0 aliphatic carbocycles. The number of thiophene rings is 1. The molecule has 98 valence electrons. The highest BCUT2D eigenvalue weighted by Crippen LogP contribution is 2.36. The molecule has 0 bridgehead atoms. The minimum absolute atomic E-state index is 0.0245. The number of benzene rings is 1. The third-order valence-corrected chi connectivity index (χ3v) is 4.05. The molecule has 0 aliphatic rings. The van der Waals surface area contributed by atoms with Crippen molar-refractivity contribution in [3.05, 3.63) is 40.8 Å². The van der Waals surface area contributed by atoms with Gasteiger partial charge in [-0.2, -0.15) is 5.26 Å². The second kappa shape index (κ2) is 5.07. The van der Waals surface area contributed by atoms with Gasteiger partial charge in [0.2, 0.25) is 0 Å².